The molecule has 5 aliphatic heterocycles. The van der Waals surface area contributed by atoms with Crippen LogP contribution in [-0.4, -0.2) is 140 Å². The number of ether oxygens (including phenoxy) is 4. The Morgan fingerprint density at radius 1 is 1.06 bits per heavy atom. The van der Waals surface area contributed by atoms with Crippen LogP contribution in [0.2, 0.25) is 0 Å². The van der Waals surface area contributed by atoms with Gasteiger partial charge in [-0.2, -0.15) is 0 Å². The number of rotatable bonds is 10. The fraction of sp³-hybridized carbons (Fsp3) is 0.632. The summed E-state index contributed by atoms with van der Waals surface area (Å²) in [6.07, 6.45) is 6.84. The fourth-order valence-electron chi connectivity index (χ4n) is 8.31. The number of fused-ring (bicyclic) bond motifs is 2. The average molecular weight is 709 g/mol. The summed E-state index contributed by atoms with van der Waals surface area (Å²) in [7, 11) is 1.52. The number of allylic oxidation sites excluding steroid dienone is 1. The third-order valence-corrected chi connectivity index (χ3v) is 11.2. The van der Waals surface area contributed by atoms with E-state index in [9.17, 15) is 19.5 Å². The molecule has 0 saturated carbocycles. The quantitative estimate of drug-likeness (QED) is 0.271. The number of hydrogen-bond donors (Lipinski definition) is 2. The number of amides is 3. The molecule has 1 aromatic rings. The number of carbonyl (C=O) groups excluding carboxylic acids is 4. The fourth-order valence-corrected chi connectivity index (χ4v) is 8.31. The van der Waals surface area contributed by atoms with E-state index < -0.39 is 59.6 Å². The number of morpholine rings is 1. The number of hydrogen-bond acceptors (Lipinski definition) is 10. The molecule has 13 nitrogen and oxygen atoms in total. The zero-order chi connectivity index (χ0) is 36.1. The predicted octanol–water partition coefficient (Wildman–Crippen LogP) is 1.47. The number of esters is 1. The van der Waals surface area contributed by atoms with Gasteiger partial charge in [-0.05, 0) is 17.9 Å². The number of likely N-dealkylation sites (tertiary alicyclic amines) is 1. The third-order valence-electron chi connectivity index (χ3n) is 11.2. The lowest BCUT2D eigenvalue weighted by atomic mass is 9.74. The molecule has 3 saturated heterocycles. The van der Waals surface area contributed by atoms with Crippen molar-refractivity contribution in [3.8, 4) is 0 Å². The number of benzene rings is 1. The van der Waals surface area contributed by atoms with Crippen LogP contribution in [0.3, 0.4) is 0 Å². The summed E-state index contributed by atoms with van der Waals surface area (Å²) >= 11 is 0. The molecule has 6 rings (SSSR count). The van der Waals surface area contributed by atoms with Crippen LogP contribution < -0.4 is 5.32 Å². The zero-order valence-corrected chi connectivity index (χ0v) is 29.9. The van der Waals surface area contributed by atoms with Crippen molar-refractivity contribution in [1.29, 1.82) is 0 Å². The molecule has 0 aliphatic carbocycles. The second-order valence-electron chi connectivity index (χ2n) is 14.2. The minimum absolute atomic E-state index is 0.0702. The lowest BCUT2D eigenvalue weighted by Gasteiger charge is -2.41. The van der Waals surface area contributed by atoms with Crippen molar-refractivity contribution in [1.82, 2.24) is 20.0 Å². The van der Waals surface area contributed by atoms with Crippen molar-refractivity contribution < 1.29 is 43.2 Å². The molecule has 1 aromatic carbocycles. The first-order valence-electron chi connectivity index (χ1n) is 18.3. The highest BCUT2D eigenvalue weighted by Gasteiger charge is 2.74. The van der Waals surface area contributed by atoms with Gasteiger partial charge < -0.3 is 39.2 Å². The number of nitrogens with zero attached hydrogens (tertiary/aromatic N) is 3. The van der Waals surface area contributed by atoms with E-state index in [1.54, 1.807) is 17.1 Å². The molecule has 3 amide bonds. The van der Waals surface area contributed by atoms with E-state index in [2.05, 4.69) is 10.2 Å². The number of methoxy groups -OCH3 is 1. The molecule has 0 aromatic heterocycles. The largest absolute Gasteiger partial charge is 0.455 e. The molecule has 278 valence electrons. The Bertz CT molecular complexity index is 1470. The first-order valence-corrected chi connectivity index (χ1v) is 18.3. The zero-order valence-electron chi connectivity index (χ0n) is 29.9. The Morgan fingerprint density at radius 2 is 1.82 bits per heavy atom. The van der Waals surface area contributed by atoms with Crippen LogP contribution in [0.1, 0.15) is 44.8 Å². The smallest absolute Gasteiger partial charge is 0.313 e. The summed E-state index contributed by atoms with van der Waals surface area (Å²) in [5.41, 5.74) is -0.776. The highest BCUT2D eigenvalue weighted by molar-refractivity contribution is 5.99. The van der Waals surface area contributed by atoms with Crippen LogP contribution in [0.15, 0.2) is 54.6 Å². The van der Waals surface area contributed by atoms with Gasteiger partial charge >= 0.3 is 5.97 Å². The first kappa shape index (κ1) is 37.1. The molecular formula is C38H52N4O9. The van der Waals surface area contributed by atoms with Gasteiger partial charge in [0.25, 0.3) is 0 Å². The predicted molar refractivity (Wildman–Crippen MR) is 186 cm³/mol. The highest BCUT2D eigenvalue weighted by atomic mass is 16.6. The minimum atomic E-state index is -1.43. The van der Waals surface area contributed by atoms with Gasteiger partial charge in [0, 0.05) is 46.3 Å². The highest BCUT2D eigenvalue weighted by Crippen LogP contribution is 2.56. The number of carbonyl (C=O) groups is 4. The topological polar surface area (TPSA) is 147 Å². The van der Waals surface area contributed by atoms with Crippen LogP contribution in [0.25, 0.3) is 0 Å². The lowest BCUT2D eigenvalue weighted by molar-refractivity contribution is -0.163. The van der Waals surface area contributed by atoms with Crippen LogP contribution >= 0.6 is 0 Å². The van der Waals surface area contributed by atoms with E-state index >= 15 is 4.79 Å². The Labute approximate surface area is 299 Å². The maximum atomic E-state index is 15.0. The normalized spacial score (nSPS) is 33.6. The summed E-state index contributed by atoms with van der Waals surface area (Å²) in [6, 6.07) is 6.62. The van der Waals surface area contributed by atoms with Gasteiger partial charge in [0.15, 0.2) is 0 Å². The molecule has 13 heteroatoms. The van der Waals surface area contributed by atoms with Crippen LogP contribution in [0, 0.1) is 17.8 Å². The molecule has 5 aliphatic rings. The second-order valence-corrected chi connectivity index (χ2v) is 14.2. The molecule has 0 unspecified atom stereocenters. The first-order chi connectivity index (χ1) is 24.7. The maximum Gasteiger partial charge on any atom is 0.313 e. The number of cyclic esters (lactones) is 1. The van der Waals surface area contributed by atoms with E-state index in [4.69, 9.17) is 18.9 Å². The standard InChI is InChI=1S/C38H52N4O9/c1-4-25(2)28(23-43)42-34-36(46)41(18-17-40-19-21-49-22-20-40)16-10-6-9-13-30(44)39-27(24-48-3)33(26-11-7-5-8-12-26)50-37(47)31-29-14-15-38(34,51-29)32(31)35(42)45/h5-8,10-12,14-15,25,27-29,31-34,43H,4,9,13,16-24H2,1-3H3,(H,39,44)/b10-6-/t25-,27+,28-,29-,31+,32+,33+,34-,38+/m0/s1. The van der Waals surface area contributed by atoms with Crippen molar-refractivity contribution in [2.24, 2.45) is 17.8 Å². The maximum absolute atomic E-state index is 15.0. The molecule has 9 atom stereocenters. The Kier molecular flexibility index (Phi) is 11.9. The van der Waals surface area contributed by atoms with Gasteiger partial charge in [-0.3, -0.25) is 24.1 Å². The minimum Gasteiger partial charge on any atom is -0.455 e. The Hall–Kier alpha value is -3.62. The summed E-state index contributed by atoms with van der Waals surface area (Å²) in [5, 5.41) is 13.8. The monoisotopic (exact) mass is 708 g/mol. The van der Waals surface area contributed by atoms with Crippen molar-refractivity contribution in [2.45, 2.75) is 69.0 Å². The van der Waals surface area contributed by atoms with E-state index in [1.165, 1.54) is 12.0 Å². The SMILES string of the molecule is CC[C@H](C)[C@H](CO)N1C(=O)[C@H]2[C@@H]3C(=O)O[C@H](c4ccccc4)[C@@H](COC)NC(=O)CC/C=C\CN(CCN4CCOCC4)C(=O)[C@H]1[C@@]21C=C[C@@H]3O1. The Balaban J connectivity index is 1.42. The van der Waals surface area contributed by atoms with Gasteiger partial charge in [0.05, 0.1) is 50.5 Å². The molecule has 0 radical (unpaired) electrons. The van der Waals surface area contributed by atoms with Crippen molar-refractivity contribution >= 4 is 23.7 Å². The van der Waals surface area contributed by atoms with Gasteiger partial charge in [0.1, 0.15) is 23.7 Å². The summed E-state index contributed by atoms with van der Waals surface area (Å²) < 4.78 is 24.0. The molecule has 51 heavy (non-hydrogen) atoms. The Morgan fingerprint density at radius 3 is 2.53 bits per heavy atom. The summed E-state index contributed by atoms with van der Waals surface area (Å²) in [4.78, 5) is 63.1. The average Bonchev–Trinajstić information content (AvgIpc) is 3.79. The van der Waals surface area contributed by atoms with E-state index in [0.717, 1.165) is 13.1 Å². The van der Waals surface area contributed by atoms with Crippen molar-refractivity contribution in [3.05, 3.63) is 60.2 Å². The third kappa shape index (κ3) is 7.36. The molecular weight excluding hydrogens is 656 g/mol. The lowest BCUT2D eigenvalue weighted by Crippen LogP contribution is -2.60. The van der Waals surface area contributed by atoms with Gasteiger partial charge in [-0.15, -0.1) is 0 Å². The van der Waals surface area contributed by atoms with E-state index in [-0.39, 0.29) is 43.9 Å². The van der Waals surface area contributed by atoms with Crippen LogP contribution in [0.5, 0.6) is 0 Å². The summed E-state index contributed by atoms with van der Waals surface area (Å²) in [6.45, 7) is 7.62. The molecule has 1 spiro atoms. The van der Waals surface area contributed by atoms with Gasteiger partial charge in [-0.1, -0.05) is 74.9 Å². The van der Waals surface area contributed by atoms with Crippen molar-refractivity contribution in [3.63, 3.8) is 0 Å². The number of aliphatic hydroxyl groups excluding tert-OH is 1. The van der Waals surface area contributed by atoms with E-state index in [1.807, 2.05) is 56.3 Å². The van der Waals surface area contributed by atoms with Crippen LogP contribution in [-0.2, 0) is 38.1 Å². The molecule has 5 heterocycles. The molecule has 5 bridgehead atoms. The van der Waals surface area contributed by atoms with Crippen molar-refractivity contribution in [2.75, 3.05) is 66.3 Å². The molecule has 3 fully saturated rings. The van der Waals surface area contributed by atoms with Gasteiger partial charge in [-0.25, -0.2) is 0 Å². The summed E-state index contributed by atoms with van der Waals surface area (Å²) in [5.74, 6) is -3.87. The number of nitrogens with one attached hydrogen (secondary N) is 1. The van der Waals surface area contributed by atoms with E-state index in [0.29, 0.717) is 44.7 Å². The van der Waals surface area contributed by atoms with Gasteiger partial charge in [0.2, 0.25) is 17.7 Å². The second kappa shape index (κ2) is 16.4. The van der Waals surface area contributed by atoms with Crippen LogP contribution in [0.4, 0.5) is 0 Å². The molecule has 2 N–H and O–H groups in total. The number of aliphatic hydroxyl groups is 1.